The van der Waals surface area contributed by atoms with Crippen LogP contribution in [0, 0.1) is 0 Å². The van der Waals surface area contributed by atoms with Gasteiger partial charge in [-0.15, -0.1) is 6.58 Å². The lowest BCUT2D eigenvalue weighted by atomic mass is 10.1. The van der Waals surface area contributed by atoms with Crippen LogP contribution in [-0.2, 0) is 26.0 Å². The highest BCUT2D eigenvalue weighted by Crippen LogP contribution is 2.22. The predicted octanol–water partition coefficient (Wildman–Crippen LogP) is 1.37. The van der Waals surface area contributed by atoms with Crippen molar-refractivity contribution in [3.63, 3.8) is 0 Å². The van der Waals surface area contributed by atoms with Gasteiger partial charge in [-0.1, -0.05) is 36.4 Å². The molecule has 1 aromatic rings. The topological polar surface area (TPSA) is 87.1 Å². The van der Waals surface area contributed by atoms with E-state index in [-0.39, 0.29) is 41.9 Å². The highest BCUT2D eigenvalue weighted by molar-refractivity contribution is 7.91. The SMILES string of the molecule is C=CCN(Cc1ccccc1)C(=O)C1=NN(C2CCS(=O)(=O)C2)C(=O)CC1. The number of hydrogen-bond acceptors (Lipinski definition) is 5. The van der Waals surface area contributed by atoms with Gasteiger partial charge in [-0.05, 0) is 12.0 Å². The molecule has 1 aromatic carbocycles. The molecule has 1 unspecified atom stereocenters. The van der Waals surface area contributed by atoms with Crippen LogP contribution in [0.2, 0.25) is 0 Å². The zero-order chi connectivity index (χ0) is 19.4. The summed E-state index contributed by atoms with van der Waals surface area (Å²) in [5, 5.41) is 5.48. The lowest BCUT2D eigenvalue weighted by Gasteiger charge is -2.29. The Bertz CT molecular complexity index is 864. The molecular formula is C19H23N3O4S. The van der Waals surface area contributed by atoms with Crippen LogP contribution in [-0.4, -0.2) is 59.9 Å². The number of hydrazone groups is 1. The van der Waals surface area contributed by atoms with Crippen molar-refractivity contribution in [1.82, 2.24) is 9.91 Å². The largest absolute Gasteiger partial charge is 0.330 e. The van der Waals surface area contributed by atoms with Crippen molar-refractivity contribution in [2.45, 2.75) is 31.8 Å². The van der Waals surface area contributed by atoms with Crippen molar-refractivity contribution in [3.05, 3.63) is 48.6 Å². The monoisotopic (exact) mass is 389 g/mol. The summed E-state index contributed by atoms with van der Waals surface area (Å²) in [5.41, 5.74) is 1.27. The Morgan fingerprint density at radius 2 is 2.04 bits per heavy atom. The number of rotatable bonds is 6. The number of hydrogen-bond donors (Lipinski definition) is 0. The highest BCUT2D eigenvalue weighted by atomic mass is 32.2. The first-order chi connectivity index (χ1) is 12.9. The maximum atomic E-state index is 13.0. The van der Waals surface area contributed by atoms with Crippen LogP contribution in [0.25, 0.3) is 0 Å². The molecule has 2 heterocycles. The molecule has 0 N–H and O–H groups in total. The molecule has 0 saturated carbocycles. The molecule has 0 radical (unpaired) electrons. The third-order valence-electron chi connectivity index (χ3n) is 4.71. The number of nitrogens with zero attached hydrogens (tertiary/aromatic N) is 3. The van der Waals surface area contributed by atoms with Crippen LogP contribution in [0.4, 0.5) is 0 Å². The van der Waals surface area contributed by atoms with Crippen molar-refractivity contribution >= 4 is 27.4 Å². The van der Waals surface area contributed by atoms with Gasteiger partial charge in [0.25, 0.3) is 5.91 Å². The van der Waals surface area contributed by atoms with Crippen LogP contribution >= 0.6 is 0 Å². The fourth-order valence-electron chi connectivity index (χ4n) is 3.34. The van der Waals surface area contributed by atoms with Gasteiger partial charge >= 0.3 is 0 Å². The van der Waals surface area contributed by atoms with Crippen molar-refractivity contribution in [1.29, 1.82) is 0 Å². The van der Waals surface area contributed by atoms with Crippen LogP contribution in [0.15, 0.2) is 48.1 Å². The van der Waals surface area contributed by atoms with Gasteiger partial charge < -0.3 is 4.90 Å². The molecule has 2 aliphatic rings. The molecule has 2 amide bonds. The van der Waals surface area contributed by atoms with Crippen molar-refractivity contribution < 1.29 is 18.0 Å². The average Bonchev–Trinajstić information content (AvgIpc) is 3.02. The molecule has 7 nitrogen and oxygen atoms in total. The Morgan fingerprint density at radius 3 is 2.67 bits per heavy atom. The molecule has 0 bridgehead atoms. The van der Waals surface area contributed by atoms with E-state index in [0.717, 1.165) is 5.56 Å². The van der Waals surface area contributed by atoms with Gasteiger partial charge in [-0.2, -0.15) is 5.10 Å². The van der Waals surface area contributed by atoms with Crippen molar-refractivity contribution in [3.8, 4) is 0 Å². The van der Waals surface area contributed by atoms with Gasteiger partial charge in [0.05, 0.1) is 17.5 Å². The van der Waals surface area contributed by atoms with Gasteiger partial charge in [0.2, 0.25) is 5.91 Å². The lowest BCUT2D eigenvalue weighted by molar-refractivity contribution is -0.134. The lowest BCUT2D eigenvalue weighted by Crippen LogP contribution is -2.45. The molecule has 1 atom stereocenters. The molecule has 144 valence electrons. The fourth-order valence-corrected chi connectivity index (χ4v) is 5.03. The van der Waals surface area contributed by atoms with E-state index >= 15 is 0 Å². The fraction of sp³-hybridized carbons (Fsp3) is 0.421. The van der Waals surface area contributed by atoms with Crippen LogP contribution in [0.3, 0.4) is 0 Å². The van der Waals surface area contributed by atoms with E-state index in [1.165, 1.54) is 5.01 Å². The van der Waals surface area contributed by atoms with Crippen molar-refractivity contribution in [2.75, 3.05) is 18.1 Å². The third-order valence-corrected chi connectivity index (χ3v) is 6.46. The summed E-state index contributed by atoms with van der Waals surface area (Å²) in [7, 11) is -3.14. The second-order valence-electron chi connectivity index (χ2n) is 6.80. The summed E-state index contributed by atoms with van der Waals surface area (Å²) in [6.45, 7) is 4.48. The van der Waals surface area contributed by atoms with Gasteiger partial charge in [0.15, 0.2) is 9.84 Å². The first-order valence-corrected chi connectivity index (χ1v) is 10.8. The molecule has 0 spiro atoms. The summed E-state index contributed by atoms with van der Waals surface area (Å²) in [5.74, 6) is -0.523. The van der Waals surface area contributed by atoms with E-state index in [0.29, 0.717) is 19.5 Å². The minimum absolute atomic E-state index is 0.0524. The Kier molecular flexibility index (Phi) is 5.74. The van der Waals surface area contributed by atoms with E-state index < -0.39 is 15.9 Å². The van der Waals surface area contributed by atoms with E-state index in [1.54, 1.807) is 11.0 Å². The first kappa shape index (κ1) is 19.3. The Labute approximate surface area is 159 Å². The van der Waals surface area contributed by atoms with Gasteiger partial charge in [0.1, 0.15) is 5.71 Å². The maximum absolute atomic E-state index is 13.0. The Morgan fingerprint density at radius 1 is 1.30 bits per heavy atom. The zero-order valence-electron chi connectivity index (χ0n) is 15.1. The molecule has 0 aromatic heterocycles. The second kappa shape index (κ2) is 8.04. The smallest absolute Gasteiger partial charge is 0.270 e. The number of carbonyl (C=O) groups excluding carboxylic acids is 2. The molecule has 8 heteroatoms. The molecule has 1 saturated heterocycles. The summed E-state index contributed by atoms with van der Waals surface area (Å²) in [6, 6.07) is 9.12. The van der Waals surface area contributed by atoms with Gasteiger partial charge in [0, 0.05) is 25.9 Å². The standard InChI is InChI=1S/C19H23N3O4S/c1-2-11-21(13-15-6-4-3-5-7-15)19(24)17-8-9-18(23)22(20-17)16-10-12-27(25,26)14-16/h2-7,16H,1,8-14H2. The Hall–Kier alpha value is -2.48. The minimum atomic E-state index is -3.14. The molecule has 2 aliphatic heterocycles. The summed E-state index contributed by atoms with van der Waals surface area (Å²) in [6.07, 6.45) is 2.43. The highest BCUT2D eigenvalue weighted by Gasteiger charge is 2.37. The second-order valence-corrected chi connectivity index (χ2v) is 9.03. The Balaban J connectivity index is 1.79. The summed E-state index contributed by atoms with van der Waals surface area (Å²) in [4.78, 5) is 26.8. The normalized spacial score (nSPS) is 21.6. The third kappa shape index (κ3) is 4.63. The number of amides is 2. The van der Waals surface area contributed by atoms with E-state index in [4.69, 9.17) is 0 Å². The van der Waals surface area contributed by atoms with E-state index in [2.05, 4.69) is 11.7 Å². The molecule has 3 rings (SSSR count). The molecule has 1 fully saturated rings. The first-order valence-electron chi connectivity index (χ1n) is 8.93. The van der Waals surface area contributed by atoms with E-state index in [9.17, 15) is 18.0 Å². The number of carbonyl (C=O) groups is 2. The van der Waals surface area contributed by atoms with Crippen LogP contribution in [0.1, 0.15) is 24.8 Å². The number of sulfone groups is 1. The molecule has 0 aliphatic carbocycles. The number of benzene rings is 1. The van der Waals surface area contributed by atoms with E-state index in [1.807, 2.05) is 30.3 Å². The predicted molar refractivity (Wildman–Crippen MR) is 103 cm³/mol. The van der Waals surface area contributed by atoms with Gasteiger partial charge in [-0.25, -0.2) is 13.4 Å². The summed E-state index contributed by atoms with van der Waals surface area (Å²) >= 11 is 0. The average molecular weight is 389 g/mol. The van der Waals surface area contributed by atoms with Crippen molar-refractivity contribution in [2.24, 2.45) is 5.10 Å². The van der Waals surface area contributed by atoms with Crippen LogP contribution in [0.5, 0.6) is 0 Å². The minimum Gasteiger partial charge on any atom is -0.330 e. The van der Waals surface area contributed by atoms with Crippen LogP contribution < -0.4 is 0 Å². The van der Waals surface area contributed by atoms with Gasteiger partial charge in [-0.3, -0.25) is 9.59 Å². The zero-order valence-corrected chi connectivity index (χ0v) is 15.9. The molecular weight excluding hydrogens is 366 g/mol. The molecule has 27 heavy (non-hydrogen) atoms. The summed E-state index contributed by atoms with van der Waals surface area (Å²) < 4.78 is 23.5. The quantitative estimate of drug-likeness (QED) is 0.688. The maximum Gasteiger partial charge on any atom is 0.270 e.